The van der Waals surface area contributed by atoms with Gasteiger partial charge in [-0.25, -0.2) is 9.97 Å². The lowest BCUT2D eigenvalue weighted by Gasteiger charge is -2.25. The van der Waals surface area contributed by atoms with Crippen molar-refractivity contribution in [3.05, 3.63) is 72.2 Å². The van der Waals surface area contributed by atoms with Gasteiger partial charge in [-0.15, -0.1) is 5.10 Å². The van der Waals surface area contributed by atoms with Crippen molar-refractivity contribution in [2.75, 3.05) is 50.7 Å². The van der Waals surface area contributed by atoms with Gasteiger partial charge in [0.15, 0.2) is 11.6 Å². The van der Waals surface area contributed by atoms with Crippen LogP contribution in [0.25, 0.3) is 23.0 Å². The van der Waals surface area contributed by atoms with Crippen LogP contribution in [0.3, 0.4) is 0 Å². The fourth-order valence-electron chi connectivity index (χ4n) is 5.19. The zero-order valence-electron chi connectivity index (χ0n) is 27.3. The van der Waals surface area contributed by atoms with Gasteiger partial charge in [0.25, 0.3) is 0 Å². The molecule has 46 heavy (non-hydrogen) atoms. The van der Waals surface area contributed by atoms with Crippen molar-refractivity contribution in [2.24, 2.45) is 5.92 Å². The lowest BCUT2D eigenvalue weighted by Crippen LogP contribution is -2.32. The predicted octanol–water partition coefficient (Wildman–Crippen LogP) is 5.81. The number of fused-ring (bicyclic) bond motifs is 1. The summed E-state index contributed by atoms with van der Waals surface area (Å²) in [5.41, 5.74) is 3.93. The molecule has 248 valence electrons. The van der Waals surface area contributed by atoms with E-state index in [1.807, 2.05) is 56.3 Å². The largest absolute Gasteiger partial charge is 0.383 e. The van der Waals surface area contributed by atoms with Crippen LogP contribution in [0.5, 0.6) is 0 Å². The van der Waals surface area contributed by atoms with E-state index in [9.17, 15) is 4.79 Å². The molecular formula is C34H49N9O3. The van der Waals surface area contributed by atoms with Gasteiger partial charge in [0, 0.05) is 59.7 Å². The average Bonchev–Trinajstić information content (AvgIpc) is 3.80. The molecule has 0 aliphatic heterocycles. The number of nitrogens with zero attached hydrogens (tertiary/aromatic N) is 7. The summed E-state index contributed by atoms with van der Waals surface area (Å²) in [4.78, 5) is 36.7. The molecule has 1 amide bonds. The molecule has 0 radical (unpaired) electrons. The van der Waals surface area contributed by atoms with Gasteiger partial charge in [0.2, 0.25) is 11.9 Å². The highest BCUT2D eigenvalue weighted by Gasteiger charge is 2.24. The molecular weight excluding hydrogens is 582 g/mol. The molecule has 0 saturated carbocycles. The van der Waals surface area contributed by atoms with Crippen LogP contribution >= 0.6 is 0 Å². The van der Waals surface area contributed by atoms with E-state index in [1.165, 1.54) is 5.56 Å². The Bertz CT molecular complexity index is 1520. The van der Waals surface area contributed by atoms with Gasteiger partial charge in [-0.3, -0.25) is 25.2 Å². The minimum absolute atomic E-state index is 0. The normalized spacial score (nSPS) is 14.7. The van der Waals surface area contributed by atoms with Gasteiger partial charge >= 0.3 is 0 Å². The maximum atomic E-state index is 12.1. The molecule has 0 bridgehead atoms. The maximum absolute atomic E-state index is 12.1. The number of hydrogen-bond donors (Lipinski definition) is 2. The number of anilines is 2. The van der Waals surface area contributed by atoms with Crippen LogP contribution in [0.15, 0.2) is 60.9 Å². The van der Waals surface area contributed by atoms with Crippen molar-refractivity contribution in [3.8, 4) is 23.0 Å². The van der Waals surface area contributed by atoms with Crippen LogP contribution in [0.4, 0.5) is 11.8 Å². The smallest absolute Gasteiger partial charge is 0.249 e. The Morgan fingerprint density at radius 1 is 0.957 bits per heavy atom. The molecule has 4 aromatic heterocycles. The quantitative estimate of drug-likeness (QED) is 0.195. The van der Waals surface area contributed by atoms with Crippen molar-refractivity contribution >= 4 is 17.7 Å². The molecule has 0 spiro atoms. The van der Waals surface area contributed by atoms with E-state index in [2.05, 4.69) is 41.4 Å². The summed E-state index contributed by atoms with van der Waals surface area (Å²) < 4.78 is 10.5. The van der Waals surface area contributed by atoms with E-state index in [-0.39, 0.29) is 14.7 Å². The Kier molecular flexibility index (Phi) is 13.8. The van der Waals surface area contributed by atoms with Crippen LogP contribution in [0.2, 0.25) is 0 Å². The number of aryl methyl sites for hydroxylation is 1. The molecule has 6 rings (SSSR count). The number of aromatic amines is 1. The molecule has 12 heteroatoms. The van der Waals surface area contributed by atoms with E-state index in [1.54, 1.807) is 26.6 Å². The first-order valence-corrected chi connectivity index (χ1v) is 16.0. The molecule has 2 aliphatic rings. The predicted molar refractivity (Wildman–Crippen MR) is 184 cm³/mol. The summed E-state index contributed by atoms with van der Waals surface area (Å²) in [7, 11) is 3.44. The Labute approximate surface area is 274 Å². The number of pyridine rings is 2. The minimum atomic E-state index is -0.0269. The number of carbonyl (C=O) groups excluding carboxylic acids is 1. The van der Waals surface area contributed by atoms with E-state index >= 15 is 0 Å². The van der Waals surface area contributed by atoms with E-state index < -0.39 is 0 Å². The number of aromatic nitrogens is 7. The van der Waals surface area contributed by atoms with Crippen LogP contribution in [-0.4, -0.2) is 81.5 Å². The third kappa shape index (κ3) is 9.48. The minimum Gasteiger partial charge on any atom is -0.383 e. The fraction of sp³-hybridized carbons (Fsp3) is 0.441. The van der Waals surface area contributed by atoms with Gasteiger partial charge in [0.05, 0.1) is 13.2 Å². The number of methoxy groups -OCH3 is 2. The Morgan fingerprint density at radius 2 is 1.67 bits per heavy atom. The second-order valence-corrected chi connectivity index (χ2v) is 10.5. The van der Waals surface area contributed by atoms with Crippen molar-refractivity contribution in [3.63, 3.8) is 0 Å². The van der Waals surface area contributed by atoms with Gasteiger partial charge in [-0.1, -0.05) is 38.1 Å². The van der Waals surface area contributed by atoms with Crippen LogP contribution in [-0.2, 0) is 27.1 Å². The SMILES string of the molecule is CC.COCCN(CCOC)c1nc(-c2ccccn2)nc2c1CCC2.O=C(Nc1n[nH]c(-c2ccccn2)n1)C1CC=CCC1.[HH].[HH]. The Morgan fingerprint density at radius 3 is 2.30 bits per heavy atom. The number of hydrogen-bond acceptors (Lipinski definition) is 10. The first-order valence-electron chi connectivity index (χ1n) is 16.0. The average molecular weight is 632 g/mol. The van der Waals surface area contributed by atoms with Gasteiger partial charge < -0.3 is 14.4 Å². The first-order chi connectivity index (χ1) is 22.7. The monoisotopic (exact) mass is 631 g/mol. The topological polar surface area (TPSA) is 144 Å². The zero-order valence-corrected chi connectivity index (χ0v) is 27.3. The number of ether oxygens (including phenoxy) is 2. The first kappa shape index (κ1) is 34.3. The molecule has 2 aliphatic carbocycles. The fourth-order valence-corrected chi connectivity index (χ4v) is 5.19. The highest BCUT2D eigenvalue weighted by atomic mass is 16.5. The molecule has 4 heterocycles. The van der Waals surface area contributed by atoms with E-state index in [0.29, 0.717) is 36.5 Å². The summed E-state index contributed by atoms with van der Waals surface area (Å²) in [6.07, 6.45) is 13.4. The van der Waals surface area contributed by atoms with Crippen molar-refractivity contribution < 1.29 is 17.1 Å². The Balaban J connectivity index is 0.000000309. The van der Waals surface area contributed by atoms with Gasteiger partial charge in [-0.05, 0) is 62.8 Å². The second kappa shape index (κ2) is 18.4. The summed E-state index contributed by atoms with van der Waals surface area (Å²) in [5, 5.41) is 9.53. The number of allylic oxidation sites excluding steroid dienone is 2. The van der Waals surface area contributed by atoms with Gasteiger partial charge in [-0.2, -0.15) is 4.98 Å². The second-order valence-electron chi connectivity index (χ2n) is 10.5. The van der Waals surface area contributed by atoms with Crippen molar-refractivity contribution in [1.82, 2.24) is 35.1 Å². The standard InChI is InChI=1S/C18H24N4O2.C14H15N5O.C2H6.2H2/c1-23-12-10-22(11-13-24-2)18-14-6-5-8-15(14)20-17(21-18)16-7-3-4-9-19-16;20-13(10-6-2-1-3-7-10)17-14-16-12(18-19-14)11-8-4-5-9-15-11;1-2;;/h3-4,7,9H,5-6,8,10-13H2,1-2H3;1-2,4-5,8-10H,3,6-7H2,(H2,16,17,18,19,20);1-2H3;2*1H. The van der Waals surface area contributed by atoms with Crippen LogP contribution in [0.1, 0.15) is 53.6 Å². The number of carbonyl (C=O) groups is 1. The third-order valence-corrected chi connectivity index (χ3v) is 7.50. The highest BCUT2D eigenvalue weighted by molar-refractivity contribution is 5.91. The van der Waals surface area contributed by atoms with E-state index in [0.717, 1.165) is 68.8 Å². The molecule has 4 aromatic rings. The maximum Gasteiger partial charge on any atom is 0.249 e. The summed E-state index contributed by atoms with van der Waals surface area (Å²) >= 11 is 0. The summed E-state index contributed by atoms with van der Waals surface area (Å²) in [6.45, 7) is 6.87. The molecule has 1 atom stereocenters. The lowest BCUT2D eigenvalue weighted by molar-refractivity contribution is -0.120. The third-order valence-electron chi connectivity index (χ3n) is 7.50. The number of amides is 1. The van der Waals surface area contributed by atoms with Crippen molar-refractivity contribution in [2.45, 2.75) is 52.4 Å². The molecule has 0 aromatic carbocycles. The lowest BCUT2D eigenvalue weighted by atomic mass is 9.94. The van der Waals surface area contributed by atoms with Gasteiger partial charge in [0.1, 0.15) is 17.2 Å². The van der Waals surface area contributed by atoms with Crippen LogP contribution in [0, 0.1) is 5.92 Å². The number of rotatable bonds is 11. The Hall–Kier alpha value is -4.55. The molecule has 1 unspecified atom stereocenters. The zero-order chi connectivity index (χ0) is 32.6. The van der Waals surface area contributed by atoms with E-state index in [4.69, 9.17) is 19.4 Å². The number of nitrogens with one attached hydrogen (secondary N) is 2. The number of H-pyrrole nitrogens is 1. The van der Waals surface area contributed by atoms with Crippen molar-refractivity contribution in [1.29, 1.82) is 0 Å². The molecule has 0 fully saturated rings. The van der Waals surface area contributed by atoms with Crippen LogP contribution < -0.4 is 10.2 Å². The molecule has 2 N–H and O–H groups in total. The molecule has 0 saturated heterocycles. The molecule has 12 nitrogen and oxygen atoms in total. The summed E-state index contributed by atoms with van der Waals surface area (Å²) in [5.74, 6) is 2.53. The highest BCUT2D eigenvalue weighted by Crippen LogP contribution is 2.31. The summed E-state index contributed by atoms with van der Waals surface area (Å²) in [6, 6.07) is 11.4.